The molecule has 0 spiro atoms. The number of likely N-dealkylation sites (N-methyl/N-ethyl adjacent to an activating group) is 1. The highest BCUT2D eigenvalue weighted by Gasteiger charge is 2.33. The number of anilines is 1. The van der Waals surface area contributed by atoms with E-state index in [1.807, 2.05) is 51.1 Å². The molecule has 1 atom stereocenters. The first-order valence-corrected chi connectivity index (χ1v) is 13.8. The zero-order chi connectivity index (χ0) is 27.2. The van der Waals surface area contributed by atoms with Crippen molar-refractivity contribution in [1.82, 2.24) is 10.2 Å². The molecule has 0 unspecified atom stereocenters. The van der Waals surface area contributed by atoms with Gasteiger partial charge in [0, 0.05) is 18.6 Å². The lowest BCUT2D eigenvalue weighted by Crippen LogP contribution is -2.51. The molecule has 0 saturated heterocycles. The van der Waals surface area contributed by atoms with Gasteiger partial charge in [0.05, 0.1) is 10.6 Å². The number of benzene rings is 3. The minimum absolute atomic E-state index is 0.00926. The topological polar surface area (TPSA) is 86.8 Å². The fraction of sp³-hybridized carbons (Fsp3) is 0.286. The second kappa shape index (κ2) is 12.3. The van der Waals surface area contributed by atoms with Crippen molar-refractivity contribution in [2.75, 3.05) is 17.9 Å². The van der Waals surface area contributed by atoms with E-state index in [0.29, 0.717) is 17.1 Å². The summed E-state index contributed by atoms with van der Waals surface area (Å²) < 4.78 is 28.7. The monoisotopic (exact) mass is 541 g/mol. The molecule has 2 amide bonds. The van der Waals surface area contributed by atoms with Crippen molar-refractivity contribution in [3.05, 3.63) is 94.5 Å². The summed E-state index contributed by atoms with van der Waals surface area (Å²) in [7, 11) is -2.61. The van der Waals surface area contributed by atoms with Crippen molar-refractivity contribution in [3.63, 3.8) is 0 Å². The second-order valence-corrected chi connectivity index (χ2v) is 11.1. The van der Waals surface area contributed by atoms with E-state index < -0.39 is 28.5 Å². The molecular formula is C28H32ClN3O4S. The molecule has 196 valence electrons. The van der Waals surface area contributed by atoms with Gasteiger partial charge in [-0.25, -0.2) is 8.42 Å². The summed E-state index contributed by atoms with van der Waals surface area (Å²) in [6, 6.07) is 19.6. The normalized spacial score (nSPS) is 12.0. The van der Waals surface area contributed by atoms with Gasteiger partial charge in [-0.2, -0.15) is 0 Å². The van der Waals surface area contributed by atoms with Crippen LogP contribution in [0.1, 0.15) is 30.0 Å². The van der Waals surface area contributed by atoms with Crippen LogP contribution in [0.5, 0.6) is 0 Å². The molecule has 37 heavy (non-hydrogen) atoms. The minimum Gasteiger partial charge on any atom is -0.357 e. The number of rotatable bonds is 10. The maximum absolute atomic E-state index is 13.9. The van der Waals surface area contributed by atoms with Gasteiger partial charge in [0.15, 0.2) is 0 Å². The van der Waals surface area contributed by atoms with Crippen molar-refractivity contribution in [1.29, 1.82) is 0 Å². The Kier molecular flexibility index (Phi) is 9.34. The Morgan fingerprint density at radius 2 is 1.65 bits per heavy atom. The van der Waals surface area contributed by atoms with Crippen LogP contribution in [0, 0.1) is 13.8 Å². The average molecular weight is 542 g/mol. The molecule has 0 bridgehead atoms. The summed E-state index contributed by atoms with van der Waals surface area (Å²) in [4.78, 5) is 28.1. The van der Waals surface area contributed by atoms with Crippen LogP contribution < -0.4 is 9.62 Å². The van der Waals surface area contributed by atoms with Crippen LogP contribution in [0.2, 0.25) is 5.02 Å². The molecule has 0 radical (unpaired) electrons. The lowest BCUT2D eigenvalue weighted by Gasteiger charge is -2.33. The van der Waals surface area contributed by atoms with Gasteiger partial charge in [0.2, 0.25) is 11.8 Å². The number of nitrogens with zero attached hydrogens (tertiary/aromatic N) is 2. The van der Waals surface area contributed by atoms with E-state index in [1.54, 1.807) is 18.2 Å². The summed E-state index contributed by atoms with van der Waals surface area (Å²) in [5.74, 6) is -0.801. The summed E-state index contributed by atoms with van der Waals surface area (Å²) in [5, 5.41) is 3.03. The van der Waals surface area contributed by atoms with E-state index in [9.17, 15) is 18.0 Å². The highest BCUT2D eigenvalue weighted by molar-refractivity contribution is 7.92. The zero-order valence-corrected chi connectivity index (χ0v) is 23.0. The van der Waals surface area contributed by atoms with Crippen molar-refractivity contribution in [2.45, 2.75) is 44.7 Å². The highest BCUT2D eigenvalue weighted by atomic mass is 35.5. The maximum Gasteiger partial charge on any atom is 0.264 e. The summed E-state index contributed by atoms with van der Waals surface area (Å²) >= 11 is 5.98. The first kappa shape index (κ1) is 28.2. The standard InChI is InChI=1S/C28H32ClN3O4S/c1-5-26(28(34)30-4)31(18-22-11-7-6-10-21(22)3)27(33)19-32(24-12-8-9-20(2)17-24)37(35,36)25-15-13-23(29)14-16-25/h6-17,26H,5,18-19H2,1-4H3,(H,30,34)/t26-/m0/s1. The smallest absolute Gasteiger partial charge is 0.264 e. The number of nitrogens with one attached hydrogen (secondary N) is 1. The fourth-order valence-electron chi connectivity index (χ4n) is 4.10. The van der Waals surface area contributed by atoms with E-state index >= 15 is 0 Å². The Hall–Kier alpha value is -3.36. The molecule has 7 nitrogen and oxygen atoms in total. The van der Waals surface area contributed by atoms with Gasteiger partial charge in [0.1, 0.15) is 12.6 Å². The van der Waals surface area contributed by atoms with Crippen molar-refractivity contribution in [2.24, 2.45) is 0 Å². The third-order valence-corrected chi connectivity index (χ3v) is 8.24. The first-order valence-electron chi connectivity index (χ1n) is 12.0. The number of halogens is 1. The van der Waals surface area contributed by atoms with Crippen LogP contribution >= 0.6 is 11.6 Å². The van der Waals surface area contributed by atoms with Crippen LogP contribution in [0.3, 0.4) is 0 Å². The predicted octanol–water partition coefficient (Wildman–Crippen LogP) is 4.71. The van der Waals surface area contributed by atoms with Crippen LogP contribution in [0.25, 0.3) is 0 Å². The van der Waals surface area contributed by atoms with E-state index in [2.05, 4.69) is 5.32 Å². The van der Waals surface area contributed by atoms with Crippen LogP contribution in [-0.4, -0.2) is 44.8 Å². The Labute approximate surface area is 224 Å². The molecule has 0 saturated carbocycles. The molecule has 3 aromatic carbocycles. The quantitative estimate of drug-likeness (QED) is 0.403. The van der Waals surface area contributed by atoms with Gasteiger partial charge in [0.25, 0.3) is 10.0 Å². The Morgan fingerprint density at radius 3 is 2.24 bits per heavy atom. The largest absolute Gasteiger partial charge is 0.357 e. The molecule has 1 N–H and O–H groups in total. The van der Waals surface area contributed by atoms with Crippen LogP contribution in [0.4, 0.5) is 5.69 Å². The fourth-order valence-corrected chi connectivity index (χ4v) is 5.63. The molecule has 0 aliphatic rings. The molecule has 3 aromatic rings. The number of carbonyl (C=O) groups is 2. The number of amides is 2. The van der Waals surface area contributed by atoms with Gasteiger partial charge < -0.3 is 10.2 Å². The summed E-state index contributed by atoms with van der Waals surface area (Å²) in [6.45, 7) is 5.29. The number of aryl methyl sites for hydroxylation is 2. The highest BCUT2D eigenvalue weighted by Crippen LogP contribution is 2.26. The van der Waals surface area contributed by atoms with E-state index in [-0.39, 0.29) is 17.3 Å². The molecule has 0 heterocycles. The Morgan fingerprint density at radius 1 is 0.973 bits per heavy atom. The van der Waals surface area contributed by atoms with Crippen molar-refractivity contribution in [3.8, 4) is 0 Å². The predicted molar refractivity (Wildman–Crippen MR) is 147 cm³/mol. The third-order valence-electron chi connectivity index (χ3n) is 6.20. The van der Waals surface area contributed by atoms with Gasteiger partial charge in [-0.3, -0.25) is 13.9 Å². The number of hydrogen-bond acceptors (Lipinski definition) is 4. The zero-order valence-electron chi connectivity index (χ0n) is 21.4. The lowest BCUT2D eigenvalue weighted by molar-refractivity contribution is -0.140. The molecule has 0 aliphatic heterocycles. The molecular weight excluding hydrogens is 510 g/mol. The van der Waals surface area contributed by atoms with Crippen molar-refractivity contribution >= 4 is 39.1 Å². The van der Waals surface area contributed by atoms with Crippen molar-refractivity contribution < 1.29 is 18.0 Å². The molecule has 0 aromatic heterocycles. The molecule has 0 fully saturated rings. The van der Waals surface area contributed by atoms with Crippen LogP contribution in [-0.2, 0) is 26.2 Å². The summed E-state index contributed by atoms with van der Waals surface area (Å²) in [6.07, 6.45) is 0.367. The Balaban J connectivity index is 2.07. The van der Waals surface area contributed by atoms with Gasteiger partial charge in [-0.15, -0.1) is 0 Å². The number of hydrogen-bond donors (Lipinski definition) is 1. The molecule has 9 heteroatoms. The maximum atomic E-state index is 13.9. The van der Waals surface area contributed by atoms with E-state index in [4.69, 9.17) is 11.6 Å². The number of sulfonamides is 1. The second-order valence-electron chi connectivity index (χ2n) is 8.79. The first-order chi connectivity index (χ1) is 17.6. The summed E-state index contributed by atoms with van der Waals surface area (Å²) in [5.41, 5.74) is 3.04. The van der Waals surface area contributed by atoms with Gasteiger partial charge >= 0.3 is 0 Å². The van der Waals surface area contributed by atoms with E-state index in [1.165, 1.54) is 36.2 Å². The van der Waals surface area contributed by atoms with Crippen LogP contribution in [0.15, 0.2) is 77.7 Å². The SMILES string of the molecule is CC[C@@H](C(=O)NC)N(Cc1ccccc1C)C(=O)CN(c1cccc(C)c1)S(=O)(=O)c1ccc(Cl)cc1. The van der Waals surface area contributed by atoms with E-state index in [0.717, 1.165) is 21.0 Å². The average Bonchev–Trinajstić information content (AvgIpc) is 2.88. The van der Waals surface area contributed by atoms with Gasteiger partial charge in [-0.05, 0) is 73.4 Å². The number of carbonyl (C=O) groups excluding carboxylic acids is 2. The Bertz CT molecular complexity index is 1360. The van der Waals surface area contributed by atoms with Gasteiger partial charge in [-0.1, -0.05) is 54.9 Å². The lowest BCUT2D eigenvalue weighted by atomic mass is 10.1. The minimum atomic E-state index is -4.13. The molecule has 3 rings (SSSR count). The molecule has 0 aliphatic carbocycles. The third kappa shape index (κ3) is 6.70.